The van der Waals surface area contributed by atoms with Crippen LogP contribution >= 0.6 is 0 Å². The van der Waals surface area contributed by atoms with Gasteiger partial charge < -0.3 is 9.80 Å². The van der Waals surface area contributed by atoms with Crippen LogP contribution in [0.1, 0.15) is 57.5 Å². The number of hydrogen-bond acceptors (Lipinski definition) is 3. The van der Waals surface area contributed by atoms with Crippen LogP contribution in [0, 0.1) is 0 Å². The van der Waals surface area contributed by atoms with Crippen molar-refractivity contribution >= 4 is 11.8 Å². The highest BCUT2D eigenvalue weighted by Crippen LogP contribution is 2.26. The molecule has 1 aliphatic carbocycles. The first-order valence-corrected chi connectivity index (χ1v) is 11.7. The van der Waals surface area contributed by atoms with Crippen molar-refractivity contribution in [1.82, 2.24) is 14.7 Å². The van der Waals surface area contributed by atoms with E-state index >= 15 is 0 Å². The molecule has 2 aromatic rings. The second-order valence-electron chi connectivity index (χ2n) is 9.09. The first-order chi connectivity index (χ1) is 15.2. The predicted octanol–water partition coefficient (Wildman–Crippen LogP) is 3.59. The highest BCUT2D eigenvalue weighted by Gasteiger charge is 2.28. The summed E-state index contributed by atoms with van der Waals surface area (Å²) in [7, 11) is 0. The van der Waals surface area contributed by atoms with Gasteiger partial charge in [0.2, 0.25) is 0 Å². The van der Waals surface area contributed by atoms with Crippen molar-refractivity contribution in [1.29, 1.82) is 0 Å². The third-order valence-electron chi connectivity index (χ3n) is 7.18. The molecule has 2 amide bonds. The Kier molecular flexibility index (Phi) is 5.77. The molecule has 5 rings (SSSR count). The smallest absolute Gasteiger partial charge is 0.254 e. The highest BCUT2D eigenvalue weighted by atomic mass is 16.2. The molecule has 0 N–H and O–H groups in total. The van der Waals surface area contributed by atoms with Gasteiger partial charge in [0.15, 0.2) is 0 Å². The predicted molar refractivity (Wildman–Crippen MR) is 121 cm³/mol. The number of fused-ring (bicyclic) bond motifs is 1. The normalized spacial score (nSPS) is 20.0. The Bertz CT molecular complexity index is 954. The fraction of sp³-hybridized carbons (Fsp3) is 0.462. The minimum atomic E-state index is 0.0759. The molecule has 3 aliphatic rings. The summed E-state index contributed by atoms with van der Waals surface area (Å²) in [6.07, 6.45) is 5.85. The fourth-order valence-electron chi connectivity index (χ4n) is 5.06. The summed E-state index contributed by atoms with van der Waals surface area (Å²) < 4.78 is 0. The topological polar surface area (TPSA) is 43.9 Å². The standard InChI is InChI=1S/C26H31N3O2/c30-25(20-6-2-1-3-7-20)29-15-12-21-18-22(10-11-23(21)19-29)26(31)28-14-5-13-27(16-17-28)24-8-4-9-24/h1-3,6-7,10-11,18,24H,4-5,8-9,12-17,19H2. The Balaban J connectivity index is 1.24. The zero-order chi connectivity index (χ0) is 21.2. The van der Waals surface area contributed by atoms with Gasteiger partial charge >= 0.3 is 0 Å². The summed E-state index contributed by atoms with van der Waals surface area (Å²) in [4.78, 5) is 32.5. The van der Waals surface area contributed by atoms with E-state index in [-0.39, 0.29) is 11.8 Å². The van der Waals surface area contributed by atoms with Crippen LogP contribution in [0.2, 0.25) is 0 Å². The molecule has 0 bridgehead atoms. The van der Waals surface area contributed by atoms with Crippen molar-refractivity contribution in [2.24, 2.45) is 0 Å². The maximum Gasteiger partial charge on any atom is 0.254 e. The SMILES string of the molecule is O=C(c1ccc2c(c1)CCN(C(=O)c1ccccc1)C2)N1CCCN(C2CCC2)CC1. The van der Waals surface area contributed by atoms with Crippen LogP contribution in [0.5, 0.6) is 0 Å². The molecule has 0 spiro atoms. The van der Waals surface area contributed by atoms with Gasteiger partial charge in [0, 0.05) is 56.4 Å². The average molecular weight is 418 g/mol. The van der Waals surface area contributed by atoms with Gasteiger partial charge in [-0.15, -0.1) is 0 Å². The molecule has 0 aromatic heterocycles. The summed E-state index contributed by atoms with van der Waals surface area (Å²) in [6.45, 7) is 5.09. The summed E-state index contributed by atoms with van der Waals surface area (Å²) in [6, 6.07) is 16.3. The lowest BCUT2D eigenvalue weighted by atomic mass is 9.91. The largest absolute Gasteiger partial charge is 0.337 e. The van der Waals surface area contributed by atoms with E-state index in [4.69, 9.17) is 0 Å². The zero-order valence-electron chi connectivity index (χ0n) is 18.1. The molecule has 0 atom stereocenters. The molecule has 2 aromatic carbocycles. The summed E-state index contributed by atoms with van der Waals surface area (Å²) in [5.41, 5.74) is 3.88. The summed E-state index contributed by atoms with van der Waals surface area (Å²) >= 11 is 0. The van der Waals surface area contributed by atoms with Gasteiger partial charge in [-0.2, -0.15) is 0 Å². The number of hydrogen-bond donors (Lipinski definition) is 0. The van der Waals surface area contributed by atoms with E-state index in [1.54, 1.807) is 0 Å². The minimum Gasteiger partial charge on any atom is -0.337 e. The molecule has 5 heteroatoms. The van der Waals surface area contributed by atoms with Crippen molar-refractivity contribution in [3.63, 3.8) is 0 Å². The summed E-state index contributed by atoms with van der Waals surface area (Å²) in [5.74, 6) is 0.230. The lowest BCUT2D eigenvalue weighted by Crippen LogP contribution is -2.42. The Morgan fingerprint density at radius 2 is 1.52 bits per heavy atom. The molecular weight excluding hydrogens is 386 g/mol. The monoisotopic (exact) mass is 417 g/mol. The number of nitrogens with zero attached hydrogens (tertiary/aromatic N) is 3. The Labute approximate surface area is 184 Å². The Morgan fingerprint density at radius 1 is 0.710 bits per heavy atom. The second kappa shape index (κ2) is 8.83. The van der Waals surface area contributed by atoms with E-state index in [9.17, 15) is 9.59 Å². The van der Waals surface area contributed by atoms with Crippen molar-refractivity contribution in [2.45, 2.75) is 44.7 Å². The third kappa shape index (κ3) is 4.24. The summed E-state index contributed by atoms with van der Waals surface area (Å²) in [5, 5.41) is 0. The second-order valence-corrected chi connectivity index (χ2v) is 9.09. The quantitative estimate of drug-likeness (QED) is 0.767. The highest BCUT2D eigenvalue weighted by molar-refractivity contribution is 5.95. The molecule has 0 unspecified atom stereocenters. The van der Waals surface area contributed by atoms with Gasteiger partial charge in [0.05, 0.1) is 0 Å². The minimum absolute atomic E-state index is 0.0759. The molecule has 5 nitrogen and oxygen atoms in total. The number of amides is 2. The van der Waals surface area contributed by atoms with Crippen LogP contribution in [0.3, 0.4) is 0 Å². The van der Waals surface area contributed by atoms with Crippen molar-refractivity contribution in [3.05, 3.63) is 70.8 Å². The van der Waals surface area contributed by atoms with Gasteiger partial charge in [-0.3, -0.25) is 14.5 Å². The Morgan fingerprint density at radius 3 is 2.29 bits per heavy atom. The van der Waals surface area contributed by atoms with E-state index in [1.165, 1.54) is 24.8 Å². The molecule has 1 saturated heterocycles. The third-order valence-corrected chi connectivity index (χ3v) is 7.18. The molecular formula is C26H31N3O2. The zero-order valence-corrected chi connectivity index (χ0v) is 18.1. The van der Waals surface area contributed by atoms with Crippen molar-refractivity contribution in [3.8, 4) is 0 Å². The molecule has 162 valence electrons. The van der Waals surface area contributed by atoms with Crippen molar-refractivity contribution in [2.75, 3.05) is 32.7 Å². The lowest BCUT2D eigenvalue weighted by Gasteiger charge is -2.36. The lowest BCUT2D eigenvalue weighted by molar-refractivity contribution is 0.0727. The Hall–Kier alpha value is -2.66. The van der Waals surface area contributed by atoms with Gasteiger partial charge in [-0.1, -0.05) is 30.7 Å². The molecule has 0 radical (unpaired) electrons. The number of rotatable bonds is 3. The van der Waals surface area contributed by atoms with Gasteiger partial charge in [-0.25, -0.2) is 0 Å². The van der Waals surface area contributed by atoms with E-state index in [1.807, 2.05) is 52.3 Å². The van der Waals surface area contributed by atoms with Crippen LogP contribution in [-0.2, 0) is 13.0 Å². The first-order valence-electron chi connectivity index (χ1n) is 11.7. The molecule has 2 fully saturated rings. The average Bonchev–Trinajstić information content (AvgIpc) is 3.03. The maximum absolute atomic E-state index is 13.2. The number of benzene rings is 2. The van der Waals surface area contributed by atoms with Gasteiger partial charge in [0.1, 0.15) is 0 Å². The molecule has 31 heavy (non-hydrogen) atoms. The van der Waals surface area contributed by atoms with E-state index in [2.05, 4.69) is 11.0 Å². The van der Waals surface area contributed by atoms with E-state index < -0.39 is 0 Å². The van der Waals surface area contributed by atoms with Crippen molar-refractivity contribution < 1.29 is 9.59 Å². The van der Waals surface area contributed by atoms with Crippen LogP contribution in [0.25, 0.3) is 0 Å². The van der Waals surface area contributed by atoms with Crippen LogP contribution in [-0.4, -0.2) is 65.3 Å². The van der Waals surface area contributed by atoms with E-state index in [0.717, 1.165) is 61.8 Å². The van der Waals surface area contributed by atoms with E-state index in [0.29, 0.717) is 13.1 Å². The van der Waals surface area contributed by atoms with Gasteiger partial charge in [-0.05, 0) is 61.1 Å². The fourth-order valence-corrected chi connectivity index (χ4v) is 5.06. The molecule has 2 aliphatic heterocycles. The van der Waals surface area contributed by atoms with Crippen LogP contribution in [0.4, 0.5) is 0 Å². The van der Waals surface area contributed by atoms with Crippen LogP contribution < -0.4 is 0 Å². The van der Waals surface area contributed by atoms with Crippen LogP contribution in [0.15, 0.2) is 48.5 Å². The van der Waals surface area contributed by atoms with Gasteiger partial charge in [0.25, 0.3) is 11.8 Å². The maximum atomic E-state index is 13.2. The number of carbonyl (C=O) groups is 2. The molecule has 1 saturated carbocycles. The number of carbonyl (C=O) groups excluding carboxylic acids is 2. The first kappa shape index (κ1) is 20.3. The molecule has 2 heterocycles.